The zero-order chi connectivity index (χ0) is 17.7. The molecule has 1 N–H and O–H groups in total. The van der Waals surface area contributed by atoms with Crippen LogP contribution in [0.4, 0.5) is 5.00 Å². The van der Waals surface area contributed by atoms with Gasteiger partial charge in [-0.3, -0.25) is 4.79 Å². The van der Waals surface area contributed by atoms with Gasteiger partial charge in [-0.15, -0.1) is 11.3 Å². The number of thiophene rings is 1. The molecule has 0 unspecified atom stereocenters. The first-order chi connectivity index (χ1) is 11.5. The van der Waals surface area contributed by atoms with Crippen LogP contribution in [0.25, 0.3) is 0 Å². The number of amides is 1. The number of carbonyl (C=O) groups is 2. The van der Waals surface area contributed by atoms with Gasteiger partial charge in [0.15, 0.2) is 0 Å². The van der Waals surface area contributed by atoms with Crippen molar-refractivity contribution in [3.8, 4) is 6.07 Å². The Morgan fingerprint density at radius 2 is 2.08 bits per heavy atom. The van der Waals surface area contributed by atoms with Crippen molar-refractivity contribution < 1.29 is 14.3 Å². The summed E-state index contributed by atoms with van der Waals surface area (Å²) < 4.78 is 4.97. The summed E-state index contributed by atoms with van der Waals surface area (Å²) in [6.07, 6.45) is 0.0796. The Bertz CT molecular complexity index is 824. The van der Waals surface area contributed by atoms with Gasteiger partial charge in [-0.1, -0.05) is 29.8 Å². The molecule has 2 aromatic rings. The van der Waals surface area contributed by atoms with Crippen molar-refractivity contribution in [1.82, 2.24) is 0 Å². The summed E-state index contributed by atoms with van der Waals surface area (Å²) in [5.74, 6) is -0.806. The smallest absolute Gasteiger partial charge is 0.348 e. The number of rotatable bonds is 5. The average Bonchev–Trinajstić information content (AvgIpc) is 2.85. The number of ether oxygens (including phenoxy) is 1. The van der Waals surface area contributed by atoms with E-state index in [-0.39, 0.29) is 24.5 Å². The SMILES string of the molecule is CCOC(=O)c1sc(NC(=O)Cc2ccccc2Cl)c(C#N)c1C. The lowest BCUT2D eigenvalue weighted by atomic mass is 10.1. The number of halogens is 1. The Balaban J connectivity index is 2.22. The molecule has 0 aliphatic heterocycles. The molecule has 0 atom stereocenters. The van der Waals surface area contributed by atoms with Crippen LogP contribution in [0, 0.1) is 18.3 Å². The minimum Gasteiger partial charge on any atom is -0.462 e. The molecule has 2 rings (SSSR count). The van der Waals surface area contributed by atoms with Gasteiger partial charge >= 0.3 is 5.97 Å². The Morgan fingerprint density at radius 3 is 2.71 bits per heavy atom. The zero-order valence-corrected chi connectivity index (χ0v) is 14.8. The predicted molar refractivity (Wildman–Crippen MR) is 93.5 cm³/mol. The maximum Gasteiger partial charge on any atom is 0.348 e. The number of carbonyl (C=O) groups excluding carboxylic acids is 2. The van der Waals surface area contributed by atoms with Gasteiger partial charge in [0, 0.05) is 5.02 Å². The summed E-state index contributed by atoms with van der Waals surface area (Å²) in [5.41, 5.74) is 1.47. The Labute approximate surface area is 148 Å². The van der Waals surface area contributed by atoms with Crippen molar-refractivity contribution in [3.05, 3.63) is 50.9 Å². The van der Waals surface area contributed by atoms with E-state index in [1.807, 2.05) is 6.07 Å². The first kappa shape index (κ1) is 18.0. The second-order valence-electron chi connectivity index (χ2n) is 4.91. The molecular formula is C17H15ClN2O3S. The third-order valence-corrected chi connectivity index (χ3v) is 4.84. The van der Waals surface area contributed by atoms with E-state index in [2.05, 4.69) is 5.32 Å². The normalized spacial score (nSPS) is 10.1. The first-order valence-corrected chi connectivity index (χ1v) is 8.41. The molecule has 0 fully saturated rings. The molecular weight excluding hydrogens is 348 g/mol. The molecule has 24 heavy (non-hydrogen) atoms. The molecule has 0 radical (unpaired) electrons. The van der Waals surface area contributed by atoms with E-state index < -0.39 is 5.97 Å². The van der Waals surface area contributed by atoms with Gasteiger partial charge in [-0.2, -0.15) is 5.26 Å². The van der Waals surface area contributed by atoms with E-state index in [9.17, 15) is 14.9 Å². The number of hydrogen-bond donors (Lipinski definition) is 1. The fraction of sp³-hybridized carbons (Fsp3) is 0.235. The van der Waals surface area contributed by atoms with Crippen LogP contribution in [0.15, 0.2) is 24.3 Å². The number of anilines is 1. The lowest BCUT2D eigenvalue weighted by molar-refractivity contribution is -0.115. The highest BCUT2D eigenvalue weighted by Crippen LogP contribution is 2.33. The summed E-state index contributed by atoms with van der Waals surface area (Å²) in [5, 5.41) is 12.8. The standard InChI is InChI=1S/C17H15ClN2O3S/c1-3-23-17(22)15-10(2)12(9-19)16(24-15)20-14(21)8-11-6-4-5-7-13(11)18/h4-7H,3,8H2,1-2H3,(H,20,21). The van der Waals surface area contributed by atoms with Crippen molar-refractivity contribution in [2.45, 2.75) is 20.3 Å². The van der Waals surface area contributed by atoms with Gasteiger partial charge in [0.05, 0.1) is 18.6 Å². The lowest BCUT2D eigenvalue weighted by Gasteiger charge is -2.05. The monoisotopic (exact) mass is 362 g/mol. The molecule has 124 valence electrons. The fourth-order valence-electron chi connectivity index (χ4n) is 2.11. The quantitative estimate of drug-likeness (QED) is 0.817. The summed E-state index contributed by atoms with van der Waals surface area (Å²) in [6.45, 7) is 3.61. The van der Waals surface area contributed by atoms with Crippen LogP contribution >= 0.6 is 22.9 Å². The molecule has 1 heterocycles. The topological polar surface area (TPSA) is 79.2 Å². The third-order valence-electron chi connectivity index (χ3n) is 3.28. The van der Waals surface area contributed by atoms with E-state index in [1.54, 1.807) is 38.1 Å². The van der Waals surface area contributed by atoms with E-state index >= 15 is 0 Å². The predicted octanol–water partition coefficient (Wildman–Crippen LogP) is 3.94. The fourth-order valence-corrected chi connectivity index (χ4v) is 3.38. The summed E-state index contributed by atoms with van der Waals surface area (Å²) >= 11 is 7.08. The van der Waals surface area contributed by atoms with E-state index in [4.69, 9.17) is 16.3 Å². The highest BCUT2D eigenvalue weighted by Gasteiger charge is 2.22. The Hall–Kier alpha value is -2.36. The largest absolute Gasteiger partial charge is 0.462 e. The van der Waals surface area contributed by atoms with Crippen molar-refractivity contribution in [1.29, 1.82) is 5.26 Å². The van der Waals surface area contributed by atoms with Gasteiger partial charge < -0.3 is 10.1 Å². The lowest BCUT2D eigenvalue weighted by Crippen LogP contribution is -2.14. The van der Waals surface area contributed by atoms with Crippen molar-refractivity contribution >= 4 is 39.8 Å². The minimum atomic E-state index is -0.497. The van der Waals surface area contributed by atoms with Gasteiger partial charge in [0.1, 0.15) is 15.9 Å². The molecule has 0 bridgehead atoms. The van der Waals surface area contributed by atoms with E-state index in [0.717, 1.165) is 11.3 Å². The number of benzene rings is 1. The molecule has 0 spiro atoms. The number of esters is 1. The molecule has 0 saturated heterocycles. The molecule has 1 aromatic carbocycles. The zero-order valence-electron chi connectivity index (χ0n) is 13.2. The highest BCUT2D eigenvalue weighted by atomic mass is 35.5. The molecule has 1 aromatic heterocycles. The maximum atomic E-state index is 12.2. The van der Waals surface area contributed by atoms with Crippen LogP contribution in [0.5, 0.6) is 0 Å². The third kappa shape index (κ3) is 3.94. The van der Waals surface area contributed by atoms with Gasteiger partial charge in [-0.25, -0.2) is 4.79 Å². The summed E-state index contributed by atoms with van der Waals surface area (Å²) in [7, 11) is 0. The molecule has 1 amide bonds. The number of nitrogens with zero attached hydrogens (tertiary/aromatic N) is 1. The summed E-state index contributed by atoms with van der Waals surface area (Å²) in [6, 6.07) is 9.07. The first-order valence-electron chi connectivity index (χ1n) is 7.21. The highest BCUT2D eigenvalue weighted by molar-refractivity contribution is 7.18. The van der Waals surface area contributed by atoms with Crippen LogP contribution < -0.4 is 5.32 Å². The van der Waals surface area contributed by atoms with Crippen LogP contribution in [-0.2, 0) is 16.0 Å². The minimum absolute atomic E-state index is 0.0796. The van der Waals surface area contributed by atoms with Crippen LogP contribution in [0.3, 0.4) is 0 Å². The molecule has 5 nitrogen and oxygen atoms in total. The second-order valence-corrected chi connectivity index (χ2v) is 6.34. The van der Waals surface area contributed by atoms with Crippen molar-refractivity contribution in [2.24, 2.45) is 0 Å². The van der Waals surface area contributed by atoms with Crippen molar-refractivity contribution in [2.75, 3.05) is 11.9 Å². The van der Waals surface area contributed by atoms with E-state index in [0.29, 0.717) is 26.0 Å². The second kappa shape index (κ2) is 7.95. The van der Waals surface area contributed by atoms with E-state index in [1.165, 1.54) is 0 Å². The van der Waals surface area contributed by atoms with Gasteiger partial charge in [0.25, 0.3) is 0 Å². The van der Waals surface area contributed by atoms with Crippen molar-refractivity contribution in [3.63, 3.8) is 0 Å². The molecule has 0 aliphatic carbocycles. The summed E-state index contributed by atoms with van der Waals surface area (Å²) in [4.78, 5) is 24.5. The maximum absolute atomic E-state index is 12.2. The number of nitrogens with one attached hydrogen (secondary N) is 1. The number of nitriles is 1. The van der Waals surface area contributed by atoms with Gasteiger partial charge in [0.2, 0.25) is 5.91 Å². The molecule has 0 aliphatic rings. The number of hydrogen-bond acceptors (Lipinski definition) is 5. The average molecular weight is 363 g/mol. The van der Waals surface area contributed by atoms with Crippen LogP contribution in [-0.4, -0.2) is 18.5 Å². The van der Waals surface area contributed by atoms with Gasteiger partial charge in [-0.05, 0) is 31.0 Å². The van der Waals surface area contributed by atoms with Crippen LogP contribution in [0.1, 0.15) is 33.3 Å². The Morgan fingerprint density at radius 1 is 1.38 bits per heavy atom. The molecule has 7 heteroatoms. The Kier molecular flexibility index (Phi) is 5.96. The molecule has 0 saturated carbocycles. The van der Waals surface area contributed by atoms with Crippen LogP contribution in [0.2, 0.25) is 5.02 Å².